The fraction of sp³-hybridized carbons (Fsp3) is 0.375. The summed E-state index contributed by atoms with van der Waals surface area (Å²) in [6.07, 6.45) is -1.43. The van der Waals surface area contributed by atoms with Gasteiger partial charge in [0.05, 0.1) is 12.6 Å². The molecule has 1 saturated carbocycles. The summed E-state index contributed by atoms with van der Waals surface area (Å²) in [7, 11) is 1.33. The van der Waals surface area contributed by atoms with Crippen LogP contribution in [0.2, 0.25) is 0 Å². The molecule has 2 amide bonds. The van der Waals surface area contributed by atoms with Gasteiger partial charge in [-0.3, -0.25) is 14.7 Å². The van der Waals surface area contributed by atoms with Gasteiger partial charge in [0.15, 0.2) is 5.69 Å². The minimum absolute atomic E-state index is 0.00293. The average Bonchev–Trinajstić information content (AvgIpc) is 3.49. The number of nitrogens with one attached hydrogen (secondary N) is 4. The lowest BCUT2D eigenvalue weighted by Crippen LogP contribution is -2.43. The molecular formula is C32H35F3N6O4. The number of H-pyrrole nitrogens is 1. The van der Waals surface area contributed by atoms with Gasteiger partial charge in [-0.25, -0.2) is 4.98 Å². The number of nitrogens with zero attached hydrogens (tertiary/aromatic N) is 2. The Balaban J connectivity index is 1.24. The Bertz CT molecular complexity index is 1860. The highest BCUT2D eigenvalue weighted by atomic mass is 19.4. The van der Waals surface area contributed by atoms with Crippen molar-refractivity contribution in [3.63, 3.8) is 0 Å². The quantitative estimate of drug-likeness (QED) is 0.182. The first kappa shape index (κ1) is 24.6. The van der Waals surface area contributed by atoms with Gasteiger partial charge in [0.2, 0.25) is 5.88 Å². The zero-order valence-electron chi connectivity index (χ0n) is 30.1. The predicted octanol–water partition coefficient (Wildman–Crippen LogP) is 5.50. The second-order valence-corrected chi connectivity index (χ2v) is 10.6. The summed E-state index contributed by atoms with van der Waals surface area (Å²) in [4.78, 5) is 30.6. The number of hydrogen-bond donors (Lipinski definition) is 4. The number of ether oxygens (including phenoxy) is 2. The monoisotopic (exact) mass is 630 g/mol. The zero-order valence-corrected chi connectivity index (χ0v) is 24.1. The van der Waals surface area contributed by atoms with Crippen LogP contribution in [0.15, 0.2) is 54.7 Å². The van der Waals surface area contributed by atoms with Crippen molar-refractivity contribution in [2.75, 3.05) is 7.11 Å². The van der Waals surface area contributed by atoms with Gasteiger partial charge in [-0.15, -0.1) is 13.2 Å². The summed E-state index contributed by atoms with van der Waals surface area (Å²) < 4.78 is 93.4. The number of hydrogen-bond acceptors (Lipinski definition) is 7. The van der Waals surface area contributed by atoms with Crippen molar-refractivity contribution in [2.24, 2.45) is 0 Å². The summed E-state index contributed by atoms with van der Waals surface area (Å²) in [5, 5.41) is 15.9. The number of methoxy groups -OCH3 is 1. The van der Waals surface area contributed by atoms with Crippen molar-refractivity contribution in [3.8, 4) is 22.8 Å². The van der Waals surface area contributed by atoms with Crippen LogP contribution in [0, 0.1) is 0 Å². The number of aromatic amines is 1. The molecule has 1 aliphatic carbocycles. The average molecular weight is 631 g/mol. The molecule has 0 atom stereocenters. The number of alkyl halides is 3. The van der Waals surface area contributed by atoms with Crippen LogP contribution >= 0.6 is 0 Å². The maximum Gasteiger partial charge on any atom is 0.573 e. The molecule has 0 radical (unpaired) electrons. The summed E-state index contributed by atoms with van der Waals surface area (Å²) in [6.45, 7) is -5.64. The largest absolute Gasteiger partial charge is 0.573 e. The molecule has 2 aromatic carbocycles. The third-order valence-electron chi connectivity index (χ3n) is 7.50. The van der Waals surface area contributed by atoms with E-state index in [1.54, 1.807) is 18.2 Å². The van der Waals surface area contributed by atoms with E-state index in [1.165, 1.54) is 37.6 Å². The van der Waals surface area contributed by atoms with E-state index < -0.39 is 43.7 Å². The standard InChI is InChI=1S/C32H35F3N6O4/c1-18(2)38-22-9-11-23(12-10-22)39-30(43)28-24-13-8-19(15-26(24)40-41-28)21-14-25(31(44-3)37-17-21)29(42)36-16-20-6-4-5-7-27(20)45-32(33,34)35/h4-8,13-15,17-18,22-23,38H,9-12,16H2,1-3H3,(H,36,42)(H,39,43)(H,40,41)/i1D3,2D3. The van der Waals surface area contributed by atoms with E-state index in [9.17, 15) is 22.8 Å². The van der Waals surface area contributed by atoms with Gasteiger partial charge in [-0.1, -0.05) is 38.0 Å². The van der Waals surface area contributed by atoms with E-state index in [2.05, 4.69) is 35.9 Å². The second kappa shape index (κ2) is 13.6. The van der Waals surface area contributed by atoms with E-state index in [0.717, 1.165) is 6.07 Å². The summed E-state index contributed by atoms with van der Waals surface area (Å²) in [5.41, 5.74) is 1.94. The second-order valence-electron chi connectivity index (χ2n) is 10.6. The number of aromatic nitrogens is 3. The van der Waals surface area contributed by atoms with Crippen molar-refractivity contribution in [3.05, 3.63) is 71.5 Å². The molecule has 4 N–H and O–H groups in total. The van der Waals surface area contributed by atoms with Gasteiger partial charge in [0.25, 0.3) is 11.8 Å². The Labute approximate surface area is 266 Å². The number of halogens is 3. The number of amides is 2. The number of carbonyl (C=O) groups is 2. The number of benzene rings is 2. The molecule has 1 aliphatic rings. The van der Waals surface area contributed by atoms with Crippen molar-refractivity contribution in [2.45, 2.75) is 70.4 Å². The number of para-hydroxylation sites is 1. The summed E-state index contributed by atoms with van der Waals surface area (Å²) >= 11 is 0. The van der Waals surface area contributed by atoms with Crippen molar-refractivity contribution in [1.29, 1.82) is 0 Å². The third kappa shape index (κ3) is 7.90. The van der Waals surface area contributed by atoms with E-state index >= 15 is 0 Å². The first-order valence-electron chi connectivity index (χ1n) is 17.1. The number of pyridine rings is 1. The van der Waals surface area contributed by atoms with Crippen LogP contribution in [0.1, 0.15) is 74.0 Å². The minimum atomic E-state index is -4.90. The van der Waals surface area contributed by atoms with Crippen LogP contribution < -0.4 is 25.4 Å². The van der Waals surface area contributed by atoms with E-state index in [1.807, 2.05) is 0 Å². The van der Waals surface area contributed by atoms with Gasteiger partial charge in [-0.2, -0.15) is 5.10 Å². The molecule has 45 heavy (non-hydrogen) atoms. The predicted molar refractivity (Wildman–Crippen MR) is 162 cm³/mol. The van der Waals surface area contributed by atoms with Crippen LogP contribution in [-0.4, -0.2) is 58.6 Å². The Morgan fingerprint density at radius 3 is 2.53 bits per heavy atom. The van der Waals surface area contributed by atoms with E-state index in [-0.39, 0.29) is 41.3 Å². The summed E-state index contributed by atoms with van der Waals surface area (Å²) in [6, 6.07) is 9.91. The summed E-state index contributed by atoms with van der Waals surface area (Å²) in [5.74, 6) is -1.51. The maximum atomic E-state index is 13.2. The lowest BCUT2D eigenvalue weighted by atomic mass is 9.90. The van der Waals surface area contributed by atoms with E-state index in [0.29, 0.717) is 47.7 Å². The normalized spacial score (nSPS) is 19.4. The molecule has 0 unspecified atom stereocenters. The number of rotatable bonds is 10. The fourth-order valence-corrected chi connectivity index (χ4v) is 5.35. The van der Waals surface area contributed by atoms with Crippen LogP contribution in [0.3, 0.4) is 0 Å². The third-order valence-corrected chi connectivity index (χ3v) is 7.50. The number of carbonyl (C=O) groups excluding carboxylic acids is 2. The SMILES string of the molecule is [2H]C([2H])([2H])C(NC1CCC(NC(=O)c2n[nH]c3cc(-c4cnc(OC)c(C(=O)NCc5ccccc5OC(F)(F)F)c4)ccc23)CC1)C([2H])([2H])[2H]. The van der Waals surface area contributed by atoms with Crippen molar-refractivity contribution >= 4 is 22.7 Å². The molecular weight excluding hydrogens is 589 g/mol. The lowest BCUT2D eigenvalue weighted by Gasteiger charge is -2.30. The van der Waals surface area contributed by atoms with Crippen LogP contribution in [0.25, 0.3) is 22.0 Å². The molecule has 0 spiro atoms. The van der Waals surface area contributed by atoms with Gasteiger partial charge >= 0.3 is 6.36 Å². The molecule has 238 valence electrons. The minimum Gasteiger partial charge on any atom is -0.480 e. The topological polar surface area (TPSA) is 130 Å². The van der Waals surface area contributed by atoms with Gasteiger partial charge < -0.3 is 25.4 Å². The molecule has 5 rings (SSSR count). The molecule has 10 nitrogen and oxygen atoms in total. The molecule has 4 aromatic rings. The van der Waals surface area contributed by atoms with Crippen LogP contribution in [0.4, 0.5) is 13.2 Å². The Morgan fingerprint density at radius 1 is 1.04 bits per heavy atom. The molecule has 0 saturated heterocycles. The molecule has 2 heterocycles. The van der Waals surface area contributed by atoms with Gasteiger partial charge in [0.1, 0.15) is 11.3 Å². The highest BCUT2D eigenvalue weighted by Gasteiger charge is 2.32. The first-order chi connectivity index (χ1) is 23.9. The molecule has 13 heteroatoms. The Morgan fingerprint density at radius 2 is 1.80 bits per heavy atom. The Kier molecular flexibility index (Phi) is 7.42. The van der Waals surface area contributed by atoms with Crippen LogP contribution in [-0.2, 0) is 6.54 Å². The first-order valence-corrected chi connectivity index (χ1v) is 14.1. The molecule has 0 bridgehead atoms. The van der Waals surface area contributed by atoms with Crippen molar-refractivity contribution < 1.29 is 40.5 Å². The smallest absolute Gasteiger partial charge is 0.480 e. The number of fused-ring (bicyclic) bond motifs is 1. The Hall–Kier alpha value is -4.65. The fourth-order valence-electron chi connectivity index (χ4n) is 5.35. The molecule has 2 aromatic heterocycles. The lowest BCUT2D eigenvalue weighted by molar-refractivity contribution is -0.274. The van der Waals surface area contributed by atoms with E-state index in [4.69, 9.17) is 13.0 Å². The molecule has 0 aliphatic heterocycles. The molecule has 1 fully saturated rings. The maximum absolute atomic E-state index is 13.2. The van der Waals surface area contributed by atoms with Gasteiger partial charge in [0, 0.05) is 55.6 Å². The highest BCUT2D eigenvalue weighted by Crippen LogP contribution is 2.29. The zero-order chi connectivity index (χ0) is 37.1. The van der Waals surface area contributed by atoms with Gasteiger partial charge in [-0.05, 0) is 55.5 Å². The highest BCUT2D eigenvalue weighted by molar-refractivity contribution is 6.05. The van der Waals surface area contributed by atoms with Crippen LogP contribution in [0.5, 0.6) is 11.6 Å². The van der Waals surface area contributed by atoms with Crippen molar-refractivity contribution in [1.82, 2.24) is 31.1 Å².